The lowest BCUT2D eigenvalue weighted by atomic mass is 10.4. The zero-order valence-electron chi connectivity index (χ0n) is 13.2. The van der Waals surface area contributed by atoms with Crippen LogP contribution in [0.5, 0.6) is 0 Å². The minimum atomic E-state index is -2.93. The van der Waals surface area contributed by atoms with Crippen molar-refractivity contribution in [3.05, 3.63) is 30.5 Å². The highest BCUT2D eigenvalue weighted by Crippen LogP contribution is 2.24. The molecule has 11 nitrogen and oxygen atoms in total. The van der Waals surface area contributed by atoms with E-state index in [1.807, 2.05) is 0 Å². The lowest BCUT2D eigenvalue weighted by Crippen LogP contribution is -2.34. The summed E-state index contributed by atoms with van der Waals surface area (Å²) in [5.41, 5.74) is 9.60. The van der Waals surface area contributed by atoms with Crippen LogP contribution < -0.4 is 5.73 Å². The van der Waals surface area contributed by atoms with Crippen LogP contribution in [0.4, 0.5) is 5.82 Å². The van der Waals surface area contributed by atoms with Gasteiger partial charge in [-0.25, -0.2) is 15.0 Å². The quantitative estimate of drug-likeness (QED) is 0.340. The van der Waals surface area contributed by atoms with Crippen molar-refractivity contribution < 1.29 is 24.2 Å². The summed E-state index contributed by atoms with van der Waals surface area (Å²) < 4.78 is 12.8. The van der Waals surface area contributed by atoms with Crippen molar-refractivity contribution in [2.45, 2.75) is 19.5 Å². The molecule has 12 heteroatoms. The normalized spacial score (nSPS) is 12.7. The van der Waals surface area contributed by atoms with Crippen molar-refractivity contribution in [1.29, 1.82) is 0 Å². The predicted molar refractivity (Wildman–Crippen MR) is 87.1 cm³/mol. The topological polar surface area (TPSA) is 157 Å². The number of fused-ring (bicyclic) bond motifs is 1. The lowest BCUT2D eigenvalue weighted by Gasteiger charge is -2.10. The lowest BCUT2D eigenvalue weighted by molar-refractivity contribution is -0.159. The molecular formula is C13H16N6O5P+. The third-order valence-corrected chi connectivity index (χ3v) is 3.90. The summed E-state index contributed by atoms with van der Waals surface area (Å²) in [4.78, 5) is 37.4. The maximum Gasteiger partial charge on any atom is 0.640 e. The molecule has 2 aromatic heterocycles. The molecule has 0 aliphatic rings. The van der Waals surface area contributed by atoms with Gasteiger partial charge in [0.25, 0.3) is 0 Å². The van der Waals surface area contributed by atoms with E-state index in [4.69, 9.17) is 20.6 Å². The van der Waals surface area contributed by atoms with Gasteiger partial charge in [-0.05, 0) is 23.6 Å². The Morgan fingerprint density at radius 1 is 1.52 bits per heavy atom. The standard InChI is InChI=1S/C13H15N6O5P/c1-9(13(20)21)19(25(22)23)24-6-4-2-3-5-18-8-17-10-11(14)15-7-16-12(10)18/h3-4,7-9H,5-6H2,1H3,(H3-,14,15,16,20,21,22,23)/p+1. The highest BCUT2D eigenvalue weighted by Gasteiger charge is 2.37. The molecule has 2 aromatic rings. The van der Waals surface area contributed by atoms with Crippen LogP contribution >= 0.6 is 8.18 Å². The Kier molecular flexibility index (Phi) is 6.29. The highest BCUT2D eigenvalue weighted by molar-refractivity contribution is 7.35. The summed E-state index contributed by atoms with van der Waals surface area (Å²) in [6.07, 6.45) is 6.02. The van der Waals surface area contributed by atoms with Gasteiger partial charge in [-0.1, -0.05) is 0 Å². The van der Waals surface area contributed by atoms with Crippen molar-refractivity contribution >= 4 is 31.1 Å². The molecule has 0 saturated carbocycles. The monoisotopic (exact) mass is 367 g/mol. The summed E-state index contributed by atoms with van der Waals surface area (Å²) in [6, 6.07) is -1.26. The number of anilines is 1. The molecule has 0 aliphatic carbocycles. The molecular weight excluding hydrogens is 351 g/mol. The van der Waals surface area contributed by atoms with E-state index in [1.165, 1.54) is 19.3 Å². The number of imidazole rings is 1. The van der Waals surface area contributed by atoms with Gasteiger partial charge in [0.2, 0.25) is 0 Å². The van der Waals surface area contributed by atoms with Crippen LogP contribution in [0.3, 0.4) is 0 Å². The van der Waals surface area contributed by atoms with Gasteiger partial charge in [0, 0.05) is 0 Å². The maximum absolute atomic E-state index is 11.1. The van der Waals surface area contributed by atoms with Gasteiger partial charge in [-0.2, -0.15) is 0 Å². The van der Waals surface area contributed by atoms with Crippen LogP contribution in [0, 0.1) is 0 Å². The van der Waals surface area contributed by atoms with Crippen molar-refractivity contribution in [1.82, 2.24) is 24.4 Å². The van der Waals surface area contributed by atoms with Crippen LogP contribution in [0.25, 0.3) is 11.2 Å². The number of hydroxylamine groups is 1. The Hall–Kier alpha value is -2.68. The van der Waals surface area contributed by atoms with Gasteiger partial charge >= 0.3 is 14.1 Å². The summed E-state index contributed by atoms with van der Waals surface area (Å²) >= 11 is 0. The van der Waals surface area contributed by atoms with E-state index in [9.17, 15) is 9.36 Å². The third-order valence-electron chi connectivity index (χ3n) is 3.10. The van der Waals surface area contributed by atoms with Gasteiger partial charge in [0.05, 0.1) is 24.3 Å². The smallest absolute Gasteiger partial charge is 0.480 e. The number of aliphatic carboxylic acids is 1. The average Bonchev–Trinajstić information content (AvgIpc) is 2.97. The number of nitrogen functional groups attached to an aromatic ring is 1. The Balaban J connectivity index is 1.94. The number of carbonyl (C=O) groups is 1. The number of hydrogen-bond acceptors (Lipinski definition) is 7. The van der Waals surface area contributed by atoms with Gasteiger partial charge in [-0.15, -0.1) is 10.6 Å². The van der Waals surface area contributed by atoms with Gasteiger partial charge in [-0.3, -0.25) is 9.63 Å². The van der Waals surface area contributed by atoms with Crippen LogP contribution in [0.2, 0.25) is 0 Å². The van der Waals surface area contributed by atoms with E-state index >= 15 is 0 Å². The molecule has 2 atom stereocenters. The van der Waals surface area contributed by atoms with Crippen LogP contribution in [0.1, 0.15) is 6.92 Å². The molecule has 4 N–H and O–H groups in total. The second-order valence-corrected chi connectivity index (χ2v) is 5.67. The Bertz CT molecular complexity index is 847. The van der Waals surface area contributed by atoms with Gasteiger partial charge in [0.1, 0.15) is 11.8 Å². The van der Waals surface area contributed by atoms with E-state index in [0.29, 0.717) is 28.4 Å². The molecule has 2 heterocycles. The first-order valence-corrected chi connectivity index (χ1v) is 8.20. The third kappa shape index (κ3) is 4.66. The zero-order chi connectivity index (χ0) is 18.4. The molecule has 25 heavy (non-hydrogen) atoms. The summed E-state index contributed by atoms with van der Waals surface area (Å²) in [5, 5.41) is 8.83. The molecule has 132 valence electrons. The number of carboxylic acid groups (broad SMARTS) is 1. The number of hydrogen-bond donors (Lipinski definition) is 3. The minimum absolute atomic E-state index is 0.116. The molecule has 2 rings (SSSR count). The van der Waals surface area contributed by atoms with Gasteiger partial charge < -0.3 is 15.4 Å². The molecule has 0 radical (unpaired) electrons. The largest absolute Gasteiger partial charge is 0.640 e. The molecule has 2 unspecified atom stereocenters. The number of carboxylic acids is 1. The van der Waals surface area contributed by atoms with Crippen LogP contribution in [0.15, 0.2) is 30.5 Å². The molecule has 0 amide bonds. The fourth-order valence-corrected chi connectivity index (χ4v) is 2.39. The van der Waals surface area contributed by atoms with E-state index in [1.54, 1.807) is 17.0 Å². The second kappa shape index (κ2) is 8.43. The van der Waals surface area contributed by atoms with Crippen LogP contribution in [-0.4, -0.2) is 53.0 Å². The second-order valence-electron chi connectivity index (χ2n) is 4.77. The molecule has 0 aliphatic heterocycles. The highest BCUT2D eigenvalue weighted by atomic mass is 31.1. The maximum atomic E-state index is 11.1. The van der Waals surface area contributed by atoms with Crippen molar-refractivity contribution in [2.75, 3.05) is 12.3 Å². The fraction of sp³-hybridized carbons (Fsp3) is 0.308. The Labute approximate surface area is 142 Å². The molecule has 0 fully saturated rings. The Morgan fingerprint density at radius 2 is 2.28 bits per heavy atom. The first-order chi connectivity index (χ1) is 11.9. The van der Waals surface area contributed by atoms with Gasteiger partial charge in [0.15, 0.2) is 17.5 Å². The van der Waals surface area contributed by atoms with E-state index in [-0.39, 0.29) is 6.61 Å². The summed E-state index contributed by atoms with van der Waals surface area (Å²) in [6.45, 7) is 1.53. The van der Waals surface area contributed by atoms with Crippen molar-refractivity contribution in [2.24, 2.45) is 0 Å². The van der Waals surface area contributed by atoms with Crippen LogP contribution in [-0.2, 0) is 20.7 Å². The first kappa shape index (κ1) is 18.7. The number of nitrogens with two attached hydrogens (primary N) is 1. The minimum Gasteiger partial charge on any atom is -0.480 e. The molecule has 0 saturated heterocycles. The number of nitrogens with zero attached hydrogens (tertiary/aromatic N) is 5. The first-order valence-electron chi connectivity index (χ1n) is 7.03. The Morgan fingerprint density at radius 3 is 2.96 bits per heavy atom. The van der Waals surface area contributed by atoms with E-state index < -0.39 is 20.2 Å². The SMILES string of the molecule is CC(C(=O)O)N(OCC=C=CCn1cnc2c(N)ncnc21)[P+](=O)O. The van der Waals surface area contributed by atoms with E-state index in [2.05, 4.69) is 20.7 Å². The van der Waals surface area contributed by atoms with Crippen molar-refractivity contribution in [3.8, 4) is 0 Å². The number of aromatic nitrogens is 4. The number of rotatable bonds is 8. The predicted octanol–water partition coefficient (Wildman–Crippen LogP) is 0.476. The zero-order valence-corrected chi connectivity index (χ0v) is 14.1. The molecule has 0 aromatic carbocycles. The van der Waals surface area contributed by atoms with Crippen molar-refractivity contribution in [3.63, 3.8) is 0 Å². The molecule has 0 bridgehead atoms. The summed E-state index contributed by atoms with van der Waals surface area (Å²) in [5.74, 6) is -0.979. The summed E-state index contributed by atoms with van der Waals surface area (Å²) in [7, 11) is -2.93. The average molecular weight is 367 g/mol. The fourth-order valence-electron chi connectivity index (χ4n) is 1.83. The van der Waals surface area contributed by atoms with E-state index in [0.717, 1.165) is 0 Å². The molecule has 0 spiro atoms.